The number of benzene rings is 2. The van der Waals surface area contributed by atoms with E-state index in [1.54, 1.807) is 18.5 Å². The van der Waals surface area contributed by atoms with Gasteiger partial charge in [0.25, 0.3) is 0 Å². The second kappa shape index (κ2) is 4.35. The molecule has 2 aromatic carbocycles. The maximum atomic E-state index is 12.9. The van der Waals surface area contributed by atoms with Gasteiger partial charge in [-0.2, -0.15) is 0 Å². The van der Waals surface area contributed by atoms with Crippen LogP contribution in [0.5, 0.6) is 0 Å². The number of pyridine rings is 3. The van der Waals surface area contributed by atoms with Gasteiger partial charge in [-0.1, -0.05) is 12.1 Å². The van der Waals surface area contributed by atoms with E-state index in [0.717, 1.165) is 21.5 Å². The maximum Gasteiger partial charge on any atom is 0.214 e. The van der Waals surface area contributed by atoms with Crippen molar-refractivity contribution < 1.29 is 0 Å². The number of hydrogen-bond donors (Lipinski definition) is 0. The monoisotopic (exact) mass is 313 g/mol. The van der Waals surface area contributed by atoms with Gasteiger partial charge in [0.05, 0.1) is 5.52 Å². The van der Waals surface area contributed by atoms with Crippen LogP contribution in [0.25, 0.3) is 43.5 Å². The van der Waals surface area contributed by atoms with E-state index >= 15 is 0 Å². The van der Waals surface area contributed by atoms with Gasteiger partial charge in [0.1, 0.15) is 11.0 Å². The smallest absolute Gasteiger partial charge is 0.214 e. The van der Waals surface area contributed by atoms with E-state index in [1.165, 1.54) is 6.07 Å². The van der Waals surface area contributed by atoms with E-state index in [0.29, 0.717) is 21.9 Å². The quantitative estimate of drug-likeness (QED) is 0.325. The van der Waals surface area contributed by atoms with Crippen LogP contribution in [-0.2, 0) is 7.05 Å². The van der Waals surface area contributed by atoms with Gasteiger partial charge in [0.2, 0.25) is 10.9 Å². The van der Waals surface area contributed by atoms with Gasteiger partial charge in [-0.15, -0.1) is 0 Å². The number of fused-ring (bicyclic) bond motifs is 4. The summed E-state index contributed by atoms with van der Waals surface area (Å²) in [5.41, 5.74) is 1.24. The van der Waals surface area contributed by atoms with Crippen LogP contribution in [0.15, 0.2) is 58.5 Å². The number of rotatable bonds is 0. The highest BCUT2D eigenvalue weighted by Gasteiger charge is 2.17. The number of hydrogen-bond acceptors (Lipinski definition) is 4. The van der Waals surface area contributed by atoms with Crippen LogP contribution >= 0.6 is 0 Å². The highest BCUT2D eigenvalue weighted by Crippen LogP contribution is 2.31. The van der Waals surface area contributed by atoms with Gasteiger partial charge in [-0.05, 0) is 23.6 Å². The molecule has 0 radical (unpaired) electrons. The van der Waals surface area contributed by atoms with Crippen LogP contribution < -0.4 is 10.9 Å². The molecule has 0 aliphatic rings. The van der Waals surface area contributed by atoms with E-state index in [2.05, 4.69) is 9.97 Å². The van der Waals surface area contributed by atoms with Crippen molar-refractivity contribution in [1.82, 2.24) is 14.5 Å². The Kier molecular flexibility index (Phi) is 2.38. The molecule has 24 heavy (non-hydrogen) atoms. The van der Waals surface area contributed by atoms with Crippen LogP contribution in [0, 0.1) is 0 Å². The lowest BCUT2D eigenvalue weighted by molar-refractivity contribution is 0.914. The first kappa shape index (κ1) is 13.1. The van der Waals surface area contributed by atoms with Gasteiger partial charge in [0.15, 0.2) is 0 Å². The molecule has 5 nitrogen and oxygen atoms in total. The summed E-state index contributed by atoms with van der Waals surface area (Å²) in [5, 5.41) is 3.62. The zero-order chi connectivity index (χ0) is 16.4. The van der Waals surface area contributed by atoms with E-state index in [1.807, 2.05) is 36.0 Å². The molecule has 0 aliphatic carbocycles. The molecule has 0 unspecified atom stereocenters. The largest absolute Gasteiger partial charge is 0.356 e. The van der Waals surface area contributed by atoms with Crippen molar-refractivity contribution in [3.8, 4) is 0 Å². The lowest BCUT2D eigenvalue weighted by Gasteiger charge is -2.10. The van der Waals surface area contributed by atoms with Gasteiger partial charge in [0, 0.05) is 47.2 Å². The first-order valence-electron chi connectivity index (χ1n) is 7.58. The fourth-order valence-electron chi connectivity index (χ4n) is 3.43. The summed E-state index contributed by atoms with van der Waals surface area (Å²) >= 11 is 0. The lowest BCUT2D eigenvalue weighted by atomic mass is 9.99. The lowest BCUT2D eigenvalue weighted by Crippen LogP contribution is -2.09. The fraction of sp³-hybridized carbons (Fsp3) is 0.0526. The highest BCUT2D eigenvalue weighted by atomic mass is 16.1. The molecule has 0 fully saturated rings. The predicted octanol–water partition coefficient (Wildman–Crippen LogP) is 2.59. The number of aromatic nitrogens is 3. The molecule has 5 rings (SSSR count). The zero-order valence-corrected chi connectivity index (χ0v) is 12.8. The van der Waals surface area contributed by atoms with Crippen LogP contribution in [0.2, 0.25) is 0 Å². The molecular weight excluding hydrogens is 302 g/mol. The minimum atomic E-state index is -0.121. The Labute approximate surface area is 135 Å². The molecule has 0 aliphatic heterocycles. The minimum Gasteiger partial charge on any atom is -0.356 e. The minimum absolute atomic E-state index is 0.112. The standard InChI is InChI=1S/C19H11N3O2/c1-22-8-6-12-13(9-22)19(24)18-15-10(5-7-20-18)11-3-2-4-14(23)16(11)21-17(12)15/h2-9H,1H3. The summed E-state index contributed by atoms with van der Waals surface area (Å²) in [6.07, 6.45) is 5.26. The van der Waals surface area contributed by atoms with Gasteiger partial charge in [-0.3, -0.25) is 14.6 Å². The van der Waals surface area contributed by atoms with Crippen molar-refractivity contribution in [2.75, 3.05) is 0 Å². The maximum absolute atomic E-state index is 12.9. The highest BCUT2D eigenvalue weighted by molar-refractivity contribution is 6.24. The molecule has 0 saturated carbocycles. The zero-order valence-electron chi connectivity index (χ0n) is 12.8. The summed E-state index contributed by atoms with van der Waals surface area (Å²) in [5.74, 6) is 0. The molecule has 0 spiro atoms. The van der Waals surface area contributed by atoms with E-state index in [9.17, 15) is 9.59 Å². The molecule has 0 atom stereocenters. The third-order valence-corrected chi connectivity index (χ3v) is 4.51. The molecule has 0 N–H and O–H groups in total. The Hall–Kier alpha value is -3.34. The molecule has 5 heteroatoms. The Morgan fingerprint density at radius 2 is 1.71 bits per heavy atom. The predicted molar refractivity (Wildman–Crippen MR) is 94.8 cm³/mol. The van der Waals surface area contributed by atoms with Crippen molar-refractivity contribution in [1.29, 1.82) is 0 Å². The molecule has 0 saturated heterocycles. The summed E-state index contributed by atoms with van der Waals surface area (Å²) in [4.78, 5) is 34.1. The van der Waals surface area contributed by atoms with Crippen LogP contribution in [-0.4, -0.2) is 14.5 Å². The number of nitrogens with zero attached hydrogens (tertiary/aromatic N) is 3. The van der Waals surface area contributed by atoms with Crippen molar-refractivity contribution in [3.63, 3.8) is 0 Å². The van der Waals surface area contributed by atoms with Gasteiger partial charge >= 0.3 is 0 Å². The third kappa shape index (κ3) is 1.53. The first-order valence-corrected chi connectivity index (χ1v) is 7.58. The number of aryl methyl sites for hydroxylation is 1. The summed E-state index contributed by atoms with van der Waals surface area (Å²) in [6, 6.07) is 8.79. The Balaban J connectivity index is 2.26. The van der Waals surface area contributed by atoms with Crippen LogP contribution in [0.1, 0.15) is 0 Å². The van der Waals surface area contributed by atoms with Crippen molar-refractivity contribution >= 4 is 43.5 Å². The van der Waals surface area contributed by atoms with Gasteiger partial charge in [-0.25, -0.2) is 4.98 Å². The Bertz CT molecular complexity index is 1400. The normalized spacial score (nSPS) is 11.9. The molecular formula is C19H11N3O2. The first-order chi connectivity index (χ1) is 11.6. The Morgan fingerprint density at radius 3 is 2.58 bits per heavy atom. The number of para-hydroxylation sites is 1. The van der Waals surface area contributed by atoms with E-state index in [4.69, 9.17) is 0 Å². The average Bonchev–Trinajstić information content (AvgIpc) is 2.60. The van der Waals surface area contributed by atoms with Crippen LogP contribution in [0.3, 0.4) is 0 Å². The van der Waals surface area contributed by atoms with Crippen molar-refractivity contribution in [2.24, 2.45) is 7.05 Å². The molecule has 0 bridgehead atoms. The topological polar surface area (TPSA) is 64.8 Å². The molecule has 5 aromatic rings. The molecule has 0 amide bonds. The summed E-state index contributed by atoms with van der Waals surface area (Å²) in [6.45, 7) is 0. The van der Waals surface area contributed by atoms with E-state index < -0.39 is 0 Å². The van der Waals surface area contributed by atoms with E-state index in [-0.39, 0.29) is 10.9 Å². The van der Waals surface area contributed by atoms with Gasteiger partial charge < -0.3 is 4.57 Å². The summed E-state index contributed by atoms with van der Waals surface area (Å²) < 4.78 is 1.82. The van der Waals surface area contributed by atoms with Crippen molar-refractivity contribution in [2.45, 2.75) is 0 Å². The fourth-order valence-corrected chi connectivity index (χ4v) is 3.43. The molecule has 3 aromatic heterocycles. The third-order valence-electron chi connectivity index (χ3n) is 4.51. The summed E-state index contributed by atoms with van der Waals surface area (Å²) in [7, 11) is 1.86. The SMILES string of the molecule is Cn1ccc2c(c1)c(=O)c1nccc3c4cccc(=O)c4nc2c13. The van der Waals surface area contributed by atoms with Crippen LogP contribution in [0.4, 0.5) is 0 Å². The average molecular weight is 313 g/mol. The second-order valence-electron chi connectivity index (χ2n) is 5.96. The molecule has 3 heterocycles. The molecule has 114 valence electrons. The van der Waals surface area contributed by atoms with Crippen molar-refractivity contribution in [3.05, 3.63) is 69.4 Å². The Morgan fingerprint density at radius 1 is 0.875 bits per heavy atom. The second-order valence-corrected chi connectivity index (χ2v) is 5.96.